The zero-order chi connectivity index (χ0) is 19.6. The van der Waals surface area contributed by atoms with Gasteiger partial charge in [-0.2, -0.15) is 0 Å². The molecular formula is C19H33NO5. The van der Waals surface area contributed by atoms with Crippen LogP contribution in [0.2, 0.25) is 0 Å². The van der Waals surface area contributed by atoms with Crippen molar-refractivity contribution in [1.29, 1.82) is 0 Å². The molecular weight excluding hydrogens is 322 g/mol. The number of carboxylic acids is 1. The molecule has 6 heteroatoms. The molecule has 0 bridgehead atoms. The first-order valence-electron chi connectivity index (χ1n) is 8.92. The fraction of sp³-hybridized carbons (Fsp3) is 0.789. The minimum absolute atomic E-state index is 0.272. The van der Waals surface area contributed by atoms with Gasteiger partial charge in [-0.25, -0.2) is 9.59 Å². The van der Waals surface area contributed by atoms with Gasteiger partial charge >= 0.3 is 12.1 Å². The van der Waals surface area contributed by atoms with E-state index in [-0.39, 0.29) is 6.04 Å². The van der Waals surface area contributed by atoms with Crippen molar-refractivity contribution in [3.8, 4) is 0 Å². The minimum atomic E-state index is -0.956. The number of aliphatic carboxylic acids is 1. The standard InChI is InChI=1S/C19H33NO5/c1-9-13(16(21)22)11-15-14(10-12(2)3)20(19(7,8)24-15)17(23)25-18(4,5)6/h11-12,14-15H,9-10H2,1-8H3,(H,21,22). The molecule has 1 amide bonds. The molecule has 1 N–H and O–H groups in total. The van der Waals surface area contributed by atoms with Gasteiger partial charge in [-0.15, -0.1) is 0 Å². The van der Waals surface area contributed by atoms with Crippen molar-refractivity contribution in [3.63, 3.8) is 0 Å². The van der Waals surface area contributed by atoms with Gasteiger partial charge < -0.3 is 14.6 Å². The largest absolute Gasteiger partial charge is 0.478 e. The zero-order valence-electron chi connectivity index (χ0n) is 16.8. The lowest BCUT2D eigenvalue weighted by atomic mass is 9.96. The molecule has 2 atom stereocenters. The highest BCUT2D eigenvalue weighted by Crippen LogP contribution is 2.37. The molecule has 0 aromatic rings. The fourth-order valence-electron chi connectivity index (χ4n) is 3.09. The van der Waals surface area contributed by atoms with Crippen molar-refractivity contribution in [2.24, 2.45) is 5.92 Å². The Labute approximate surface area is 151 Å². The SMILES string of the molecule is CCC(=CC1OC(C)(C)N(C(=O)OC(C)(C)C)C1CC(C)C)C(=O)O. The first kappa shape index (κ1) is 21.5. The van der Waals surface area contributed by atoms with Gasteiger partial charge in [-0.3, -0.25) is 4.90 Å². The third-order valence-electron chi connectivity index (χ3n) is 4.04. The highest BCUT2D eigenvalue weighted by atomic mass is 16.6. The first-order valence-corrected chi connectivity index (χ1v) is 8.92. The fourth-order valence-corrected chi connectivity index (χ4v) is 3.09. The van der Waals surface area contributed by atoms with E-state index in [1.165, 1.54) is 0 Å². The Bertz CT molecular complexity index is 530. The van der Waals surface area contributed by atoms with Gasteiger partial charge in [0, 0.05) is 5.57 Å². The van der Waals surface area contributed by atoms with Crippen molar-refractivity contribution in [1.82, 2.24) is 4.90 Å². The molecule has 0 aromatic carbocycles. The molecule has 0 spiro atoms. The molecule has 0 radical (unpaired) electrons. The monoisotopic (exact) mass is 355 g/mol. The highest BCUT2D eigenvalue weighted by molar-refractivity contribution is 5.86. The van der Waals surface area contributed by atoms with E-state index in [2.05, 4.69) is 13.8 Å². The summed E-state index contributed by atoms with van der Waals surface area (Å²) in [6.07, 6.45) is 1.82. The summed E-state index contributed by atoms with van der Waals surface area (Å²) in [7, 11) is 0. The van der Waals surface area contributed by atoms with Crippen LogP contribution in [-0.2, 0) is 14.3 Å². The lowest BCUT2D eigenvalue weighted by molar-refractivity contribution is -0.133. The Morgan fingerprint density at radius 1 is 1.32 bits per heavy atom. The van der Waals surface area contributed by atoms with E-state index in [1.54, 1.807) is 17.9 Å². The van der Waals surface area contributed by atoms with Crippen LogP contribution < -0.4 is 0 Å². The lowest BCUT2D eigenvalue weighted by Crippen LogP contribution is -2.50. The van der Waals surface area contributed by atoms with Gasteiger partial charge in [0.15, 0.2) is 0 Å². The average Bonchev–Trinajstić information content (AvgIpc) is 2.63. The van der Waals surface area contributed by atoms with E-state index in [1.807, 2.05) is 34.6 Å². The molecule has 1 fully saturated rings. The van der Waals surface area contributed by atoms with Crippen LogP contribution in [0.4, 0.5) is 4.79 Å². The van der Waals surface area contributed by atoms with Crippen LogP contribution in [-0.4, -0.2) is 45.5 Å². The van der Waals surface area contributed by atoms with Gasteiger partial charge in [-0.05, 0) is 59.5 Å². The molecule has 144 valence electrons. The first-order chi connectivity index (χ1) is 11.3. The zero-order valence-corrected chi connectivity index (χ0v) is 16.8. The van der Waals surface area contributed by atoms with Crippen LogP contribution >= 0.6 is 0 Å². The molecule has 0 aliphatic carbocycles. The number of carbonyl (C=O) groups is 2. The molecule has 25 heavy (non-hydrogen) atoms. The van der Waals surface area contributed by atoms with Crippen LogP contribution in [0.3, 0.4) is 0 Å². The predicted octanol–water partition coefficient (Wildman–Crippen LogP) is 4.19. The summed E-state index contributed by atoms with van der Waals surface area (Å²) in [6, 6.07) is -0.272. The third kappa shape index (κ3) is 5.73. The van der Waals surface area contributed by atoms with Gasteiger partial charge in [0.05, 0.1) is 12.1 Å². The topological polar surface area (TPSA) is 76.1 Å². The second kappa shape index (κ2) is 7.77. The maximum Gasteiger partial charge on any atom is 0.412 e. The number of amides is 1. The Balaban J connectivity index is 3.25. The number of carboxylic acid groups (broad SMARTS) is 1. The van der Waals surface area contributed by atoms with E-state index < -0.39 is 29.5 Å². The van der Waals surface area contributed by atoms with Crippen molar-refractivity contribution in [3.05, 3.63) is 11.6 Å². The van der Waals surface area contributed by atoms with Gasteiger partial charge in [0.1, 0.15) is 11.3 Å². The second-order valence-electron chi connectivity index (χ2n) is 8.43. The third-order valence-corrected chi connectivity index (χ3v) is 4.04. The molecule has 1 aliphatic heterocycles. The minimum Gasteiger partial charge on any atom is -0.478 e. The Kier molecular flexibility index (Phi) is 6.68. The molecule has 1 rings (SSSR count). The molecule has 0 saturated carbocycles. The molecule has 6 nitrogen and oxygen atoms in total. The van der Waals surface area contributed by atoms with Crippen LogP contribution in [0.5, 0.6) is 0 Å². The number of rotatable bonds is 5. The van der Waals surface area contributed by atoms with Gasteiger partial charge in [0.2, 0.25) is 0 Å². The summed E-state index contributed by atoms with van der Waals surface area (Å²) >= 11 is 0. The van der Waals surface area contributed by atoms with Crippen LogP contribution in [0.25, 0.3) is 0 Å². The summed E-state index contributed by atoms with van der Waals surface area (Å²) in [6.45, 7) is 15.0. The quantitative estimate of drug-likeness (QED) is 0.748. The summed E-state index contributed by atoms with van der Waals surface area (Å²) in [5.41, 5.74) is -1.19. The van der Waals surface area contributed by atoms with Crippen LogP contribution in [0.1, 0.15) is 68.2 Å². The number of hydrogen-bond acceptors (Lipinski definition) is 4. The Morgan fingerprint density at radius 3 is 2.28 bits per heavy atom. The van der Waals surface area contributed by atoms with E-state index in [0.717, 1.165) is 0 Å². The summed E-state index contributed by atoms with van der Waals surface area (Å²) in [5, 5.41) is 9.33. The summed E-state index contributed by atoms with van der Waals surface area (Å²) in [4.78, 5) is 25.8. The van der Waals surface area contributed by atoms with Crippen molar-refractivity contribution >= 4 is 12.1 Å². The maximum atomic E-state index is 12.8. The summed E-state index contributed by atoms with van der Waals surface area (Å²) in [5.74, 6) is -0.638. The molecule has 0 aromatic heterocycles. The van der Waals surface area contributed by atoms with E-state index >= 15 is 0 Å². The molecule has 2 unspecified atom stereocenters. The number of hydrogen-bond donors (Lipinski definition) is 1. The lowest BCUT2D eigenvalue weighted by Gasteiger charge is -2.35. The predicted molar refractivity (Wildman–Crippen MR) is 96.3 cm³/mol. The van der Waals surface area contributed by atoms with Crippen molar-refractivity contribution in [2.75, 3.05) is 0 Å². The molecule has 1 heterocycles. The molecule has 1 saturated heterocycles. The van der Waals surface area contributed by atoms with E-state index in [4.69, 9.17) is 9.47 Å². The van der Waals surface area contributed by atoms with Crippen molar-refractivity contribution in [2.45, 2.75) is 91.7 Å². The Morgan fingerprint density at radius 2 is 1.88 bits per heavy atom. The number of nitrogens with zero attached hydrogens (tertiary/aromatic N) is 1. The van der Waals surface area contributed by atoms with E-state index in [9.17, 15) is 14.7 Å². The van der Waals surface area contributed by atoms with Crippen LogP contribution in [0.15, 0.2) is 11.6 Å². The highest BCUT2D eigenvalue weighted by Gasteiger charge is 2.50. The second-order valence-corrected chi connectivity index (χ2v) is 8.43. The molecule has 1 aliphatic rings. The van der Waals surface area contributed by atoms with Gasteiger partial charge in [0.25, 0.3) is 0 Å². The van der Waals surface area contributed by atoms with E-state index in [0.29, 0.717) is 24.3 Å². The van der Waals surface area contributed by atoms with Crippen LogP contribution in [0, 0.1) is 5.92 Å². The maximum absolute atomic E-state index is 12.8. The number of ether oxygens (including phenoxy) is 2. The number of carbonyl (C=O) groups excluding carboxylic acids is 1. The normalized spacial score (nSPS) is 23.9. The smallest absolute Gasteiger partial charge is 0.412 e. The van der Waals surface area contributed by atoms with Gasteiger partial charge in [-0.1, -0.05) is 20.8 Å². The Hall–Kier alpha value is -1.56. The average molecular weight is 355 g/mol. The van der Waals surface area contributed by atoms with Crippen molar-refractivity contribution < 1.29 is 24.2 Å². The summed E-state index contributed by atoms with van der Waals surface area (Å²) < 4.78 is 11.6.